The lowest BCUT2D eigenvalue weighted by Crippen LogP contribution is -2.32. The molecular formula is C12H22N4O. The molecule has 0 atom stereocenters. The summed E-state index contributed by atoms with van der Waals surface area (Å²) in [5.74, 6) is 1.26. The van der Waals surface area contributed by atoms with E-state index in [0.29, 0.717) is 18.4 Å². The number of aliphatic hydroxyl groups excluding tert-OH is 1. The number of nitrogens with zero attached hydrogens (tertiary/aromatic N) is 3. The summed E-state index contributed by atoms with van der Waals surface area (Å²) in [5, 5.41) is 8.87. The van der Waals surface area contributed by atoms with Gasteiger partial charge in [-0.3, -0.25) is 4.90 Å². The van der Waals surface area contributed by atoms with Crippen LogP contribution in [0.3, 0.4) is 0 Å². The Morgan fingerprint density at radius 1 is 1.41 bits per heavy atom. The SMILES string of the molecule is Cc1cc(N)nc(CN(CCCO)C(C)C)n1. The summed E-state index contributed by atoms with van der Waals surface area (Å²) >= 11 is 0. The number of aryl methyl sites for hydroxylation is 1. The number of nitrogens with two attached hydrogens (primary N) is 1. The molecule has 3 N–H and O–H groups in total. The van der Waals surface area contributed by atoms with Crippen LogP contribution in [0.2, 0.25) is 0 Å². The lowest BCUT2D eigenvalue weighted by Gasteiger charge is -2.25. The molecule has 0 fully saturated rings. The molecule has 1 aromatic rings. The van der Waals surface area contributed by atoms with Crippen LogP contribution in [-0.2, 0) is 6.54 Å². The highest BCUT2D eigenvalue weighted by molar-refractivity contribution is 5.29. The standard InChI is InChI=1S/C12H22N4O/c1-9(2)16(5-4-6-17)8-12-14-10(3)7-11(13)15-12/h7,9,17H,4-6,8H2,1-3H3,(H2,13,14,15). The van der Waals surface area contributed by atoms with Crippen molar-refractivity contribution >= 4 is 5.82 Å². The lowest BCUT2D eigenvalue weighted by atomic mass is 10.2. The second kappa shape index (κ2) is 6.51. The molecule has 0 aliphatic heterocycles. The van der Waals surface area contributed by atoms with E-state index in [9.17, 15) is 0 Å². The lowest BCUT2D eigenvalue weighted by molar-refractivity contribution is 0.181. The third kappa shape index (κ3) is 4.66. The summed E-state index contributed by atoms with van der Waals surface area (Å²) in [5.41, 5.74) is 6.59. The first-order valence-electron chi connectivity index (χ1n) is 5.98. The third-order valence-electron chi connectivity index (χ3n) is 2.60. The summed E-state index contributed by atoms with van der Waals surface area (Å²) < 4.78 is 0. The molecule has 17 heavy (non-hydrogen) atoms. The average Bonchev–Trinajstić information content (AvgIpc) is 2.22. The minimum absolute atomic E-state index is 0.208. The second-order valence-electron chi connectivity index (χ2n) is 4.49. The van der Waals surface area contributed by atoms with Gasteiger partial charge in [0, 0.05) is 31.0 Å². The van der Waals surface area contributed by atoms with Crippen LogP contribution < -0.4 is 5.73 Å². The van der Waals surface area contributed by atoms with Crippen molar-refractivity contribution in [3.8, 4) is 0 Å². The summed E-state index contributed by atoms with van der Waals surface area (Å²) in [7, 11) is 0. The van der Waals surface area contributed by atoms with Crippen LogP contribution in [0.15, 0.2) is 6.07 Å². The summed E-state index contributed by atoms with van der Waals surface area (Å²) in [6.07, 6.45) is 0.763. The van der Waals surface area contributed by atoms with Crippen LogP contribution >= 0.6 is 0 Å². The van der Waals surface area contributed by atoms with E-state index in [1.54, 1.807) is 6.07 Å². The molecule has 5 nitrogen and oxygen atoms in total. The molecule has 0 bridgehead atoms. The van der Waals surface area contributed by atoms with Crippen LogP contribution in [0.25, 0.3) is 0 Å². The van der Waals surface area contributed by atoms with Crippen molar-refractivity contribution in [1.82, 2.24) is 14.9 Å². The van der Waals surface area contributed by atoms with E-state index in [2.05, 4.69) is 28.7 Å². The zero-order valence-electron chi connectivity index (χ0n) is 10.8. The molecule has 5 heteroatoms. The smallest absolute Gasteiger partial charge is 0.144 e. The molecule has 0 saturated heterocycles. The molecule has 0 aromatic carbocycles. The topological polar surface area (TPSA) is 75.3 Å². The van der Waals surface area contributed by atoms with Gasteiger partial charge in [-0.15, -0.1) is 0 Å². The van der Waals surface area contributed by atoms with Crippen molar-refractivity contribution in [2.75, 3.05) is 18.9 Å². The van der Waals surface area contributed by atoms with Gasteiger partial charge in [0.1, 0.15) is 11.6 Å². The van der Waals surface area contributed by atoms with Gasteiger partial charge in [-0.05, 0) is 27.2 Å². The van der Waals surface area contributed by atoms with Gasteiger partial charge in [0.05, 0.1) is 6.54 Å². The van der Waals surface area contributed by atoms with Crippen LogP contribution in [0.5, 0.6) is 0 Å². The van der Waals surface area contributed by atoms with Crippen molar-refractivity contribution in [1.29, 1.82) is 0 Å². The number of hydrogen-bond acceptors (Lipinski definition) is 5. The van der Waals surface area contributed by atoms with Gasteiger partial charge < -0.3 is 10.8 Å². The Morgan fingerprint density at radius 3 is 2.65 bits per heavy atom. The molecule has 0 saturated carbocycles. The van der Waals surface area contributed by atoms with Gasteiger partial charge in [-0.1, -0.05) is 0 Å². The van der Waals surface area contributed by atoms with Crippen molar-refractivity contribution in [2.24, 2.45) is 0 Å². The highest BCUT2D eigenvalue weighted by Gasteiger charge is 2.11. The Balaban J connectivity index is 2.71. The van der Waals surface area contributed by atoms with E-state index in [-0.39, 0.29) is 6.61 Å². The van der Waals surface area contributed by atoms with Crippen LogP contribution in [0.1, 0.15) is 31.8 Å². The fraction of sp³-hybridized carbons (Fsp3) is 0.667. The van der Waals surface area contributed by atoms with Crippen molar-refractivity contribution in [3.63, 3.8) is 0 Å². The molecule has 0 aliphatic rings. The van der Waals surface area contributed by atoms with Crippen LogP contribution in [0, 0.1) is 6.92 Å². The van der Waals surface area contributed by atoms with Gasteiger partial charge in [-0.2, -0.15) is 0 Å². The Labute approximate surface area is 103 Å². The minimum atomic E-state index is 0.208. The number of nitrogen functional groups attached to an aromatic ring is 1. The normalized spacial score (nSPS) is 11.4. The Hall–Kier alpha value is -1.20. The van der Waals surface area contributed by atoms with Crippen molar-refractivity contribution in [2.45, 2.75) is 39.8 Å². The molecule has 0 amide bonds. The Kier molecular flexibility index (Phi) is 5.31. The predicted octanol–water partition coefficient (Wildman–Crippen LogP) is 0.960. The monoisotopic (exact) mass is 238 g/mol. The number of anilines is 1. The molecular weight excluding hydrogens is 216 g/mol. The fourth-order valence-electron chi connectivity index (χ4n) is 1.70. The minimum Gasteiger partial charge on any atom is -0.396 e. The molecule has 0 spiro atoms. The predicted molar refractivity (Wildman–Crippen MR) is 68.4 cm³/mol. The molecule has 1 aromatic heterocycles. The van der Waals surface area contributed by atoms with Crippen LogP contribution in [-0.4, -0.2) is 39.2 Å². The molecule has 96 valence electrons. The Morgan fingerprint density at radius 2 is 2.12 bits per heavy atom. The zero-order valence-corrected chi connectivity index (χ0v) is 10.8. The van der Waals surface area contributed by atoms with E-state index < -0.39 is 0 Å². The quantitative estimate of drug-likeness (QED) is 0.772. The first-order valence-corrected chi connectivity index (χ1v) is 5.98. The highest BCUT2D eigenvalue weighted by Crippen LogP contribution is 2.08. The average molecular weight is 238 g/mol. The van der Waals surface area contributed by atoms with Gasteiger partial charge in [-0.25, -0.2) is 9.97 Å². The summed E-state index contributed by atoms with van der Waals surface area (Å²) in [4.78, 5) is 10.8. The summed E-state index contributed by atoms with van der Waals surface area (Å²) in [6, 6.07) is 2.16. The molecule has 0 unspecified atom stereocenters. The van der Waals surface area contributed by atoms with Crippen molar-refractivity contribution < 1.29 is 5.11 Å². The van der Waals surface area contributed by atoms with E-state index >= 15 is 0 Å². The summed E-state index contributed by atoms with van der Waals surface area (Å²) in [6.45, 7) is 7.87. The number of aliphatic hydroxyl groups is 1. The largest absolute Gasteiger partial charge is 0.396 e. The maximum Gasteiger partial charge on any atom is 0.144 e. The fourth-order valence-corrected chi connectivity index (χ4v) is 1.70. The van der Waals surface area contributed by atoms with Crippen molar-refractivity contribution in [3.05, 3.63) is 17.6 Å². The molecule has 0 radical (unpaired) electrons. The van der Waals surface area contributed by atoms with Gasteiger partial charge in [0.2, 0.25) is 0 Å². The second-order valence-corrected chi connectivity index (χ2v) is 4.49. The maximum absolute atomic E-state index is 8.87. The third-order valence-corrected chi connectivity index (χ3v) is 2.60. The number of rotatable bonds is 6. The van der Waals surface area contributed by atoms with Crippen LogP contribution in [0.4, 0.5) is 5.82 Å². The van der Waals surface area contributed by atoms with Gasteiger partial charge >= 0.3 is 0 Å². The van der Waals surface area contributed by atoms with Gasteiger partial charge in [0.15, 0.2) is 0 Å². The maximum atomic E-state index is 8.87. The van der Waals surface area contributed by atoms with E-state index in [4.69, 9.17) is 10.8 Å². The first kappa shape index (κ1) is 13.9. The Bertz CT molecular complexity index is 334. The number of hydrogen-bond donors (Lipinski definition) is 2. The van der Waals surface area contributed by atoms with E-state index in [1.807, 2.05) is 6.92 Å². The molecule has 0 aliphatic carbocycles. The van der Waals surface area contributed by atoms with E-state index in [1.165, 1.54) is 0 Å². The molecule has 1 rings (SSSR count). The van der Waals surface area contributed by atoms with Gasteiger partial charge in [0.25, 0.3) is 0 Å². The first-order chi connectivity index (χ1) is 8.02. The number of aromatic nitrogens is 2. The van der Waals surface area contributed by atoms with E-state index in [0.717, 1.165) is 24.5 Å². The zero-order chi connectivity index (χ0) is 12.8. The highest BCUT2D eigenvalue weighted by atomic mass is 16.3. The molecule has 1 heterocycles.